The van der Waals surface area contributed by atoms with E-state index in [1.54, 1.807) is 17.3 Å². The second-order valence-electron chi connectivity index (χ2n) is 10.4. The van der Waals surface area contributed by atoms with Gasteiger partial charge in [-0.1, -0.05) is 30.5 Å². The molecule has 1 aliphatic carbocycles. The van der Waals surface area contributed by atoms with Crippen molar-refractivity contribution < 1.29 is 9.59 Å². The van der Waals surface area contributed by atoms with Crippen LogP contribution in [0.5, 0.6) is 0 Å². The summed E-state index contributed by atoms with van der Waals surface area (Å²) in [7, 11) is 0. The predicted molar refractivity (Wildman–Crippen MR) is 139 cm³/mol. The Balaban J connectivity index is 1.53. The summed E-state index contributed by atoms with van der Waals surface area (Å²) in [6.45, 7) is 4.66. The molecule has 1 fully saturated rings. The molecule has 36 heavy (non-hydrogen) atoms. The molecule has 7 nitrogen and oxygen atoms in total. The third-order valence-corrected chi connectivity index (χ3v) is 7.81. The Morgan fingerprint density at radius 2 is 1.92 bits per heavy atom. The van der Waals surface area contributed by atoms with E-state index < -0.39 is 5.54 Å². The molecule has 0 spiro atoms. The standard InChI is InChI=1S/C29H31N5O2/c1-20-11-12-24-23(16-20)25(32-14-5-6-15-32)26-27(35)34(18-21-8-7-13-30-17-21)29(2,19-33(24)26)28(36)31-22-9-3-4-10-22/h5-8,11-17,22H,3-4,9-10,18-19H2,1-2H3,(H,31,36)/t29-/m0/s1. The van der Waals surface area contributed by atoms with Gasteiger partial charge in [0, 0.05) is 42.8 Å². The van der Waals surface area contributed by atoms with Gasteiger partial charge in [0.05, 0.1) is 17.7 Å². The van der Waals surface area contributed by atoms with Crippen LogP contribution in [-0.2, 0) is 17.9 Å². The first-order chi connectivity index (χ1) is 17.5. The lowest BCUT2D eigenvalue weighted by Crippen LogP contribution is -2.64. The van der Waals surface area contributed by atoms with Gasteiger partial charge in [0.1, 0.15) is 11.2 Å². The highest BCUT2D eigenvalue weighted by molar-refractivity contribution is 6.09. The van der Waals surface area contributed by atoms with Crippen molar-refractivity contribution in [3.63, 3.8) is 0 Å². The van der Waals surface area contributed by atoms with Crippen molar-refractivity contribution in [2.24, 2.45) is 0 Å². The lowest BCUT2D eigenvalue weighted by atomic mass is 9.93. The van der Waals surface area contributed by atoms with Crippen molar-refractivity contribution in [2.75, 3.05) is 0 Å². The average molecular weight is 482 g/mol. The highest BCUT2D eigenvalue weighted by atomic mass is 16.2. The van der Waals surface area contributed by atoms with Crippen molar-refractivity contribution in [1.29, 1.82) is 0 Å². The highest BCUT2D eigenvalue weighted by Crippen LogP contribution is 2.39. The summed E-state index contributed by atoms with van der Waals surface area (Å²) in [6, 6.07) is 14.2. The summed E-state index contributed by atoms with van der Waals surface area (Å²) in [5.41, 5.74) is 3.41. The molecule has 4 heterocycles. The largest absolute Gasteiger partial charge is 0.351 e. The fraction of sp³-hybridized carbons (Fsp3) is 0.345. The molecular formula is C29H31N5O2. The van der Waals surface area contributed by atoms with E-state index in [0.717, 1.165) is 53.4 Å². The Hall–Kier alpha value is -3.87. The molecule has 0 saturated heterocycles. The maximum atomic E-state index is 14.4. The molecule has 2 amide bonds. The van der Waals surface area contributed by atoms with Gasteiger partial charge in [0.2, 0.25) is 5.91 Å². The third kappa shape index (κ3) is 3.61. The molecule has 2 aliphatic rings. The zero-order chi connectivity index (χ0) is 24.9. The van der Waals surface area contributed by atoms with E-state index in [1.165, 1.54) is 0 Å². The highest BCUT2D eigenvalue weighted by Gasteiger charge is 2.49. The number of aryl methyl sites for hydroxylation is 1. The van der Waals surface area contributed by atoms with Crippen LogP contribution in [-0.4, -0.2) is 42.4 Å². The quantitative estimate of drug-likeness (QED) is 0.453. The maximum Gasteiger partial charge on any atom is 0.273 e. The number of aromatic nitrogens is 3. The van der Waals surface area contributed by atoms with Crippen LogP contribution in [0.15, 0.2) is 67.3 Å². The summed E-state index contributed by atoms with van der Waals surface area (Å²) in [4.78, 5) is 34.4. The van der Waals surface area contributed by atoms with Crippen LogP contribution >= 0.6 is 0 Å². The van der Waals surface area contributed by atoms with Gasteiger partial charge in [-0.15, -0.1) is 0 Å². The van der Waals surface area contributed by atoms with Gasteiger partial charge in [0.15, 0.2) is 0 Å². The lowest BCUT2D eigenvalue weighted by molar-refractivity contribution is -0.133. The number of hydrogen-bond acceptors (Lipinski definition) is 3. The number of fused-ring (bicyclic) bond motifs is 3. The topological polar surface area (TPSA) is 72.2 Å². The van der Waals surface area contributed by atoms with Crippen LogP contribution in [0.4, 0.5) is 0 Å². The van der Waals surface area contributed by atoms with Gasteiger partial charge < -0.3 is 19.4 Å². The second kappa shape index (κ2) is 8.66. The number of carbonyl (C=O) groups excluding carboxylic acids is 2. The molecule has 1 aromatic carbocycles. The van der Waals surface area contributed by atoms with E-state index in [2.05, 4.69) is 40.0 Å². The van der Waals surface area contributed by atoms with Crippen LogP contribution in [0, 0.1) is 6.92 Å². The molecule has 6 rings (SSSR count). The predicted octanol–water partition coefficient (Wildman–Crippen LogP) is 4.61. The maximum absolute atomic E-state index is 14.4. The molecule has 0 bridgehead atoms. The van der Waals surface area contributed by atoms with Gasteiger partial charge in [0.25, 0.3) is 5.91 Å². The van der Waals surface area contributed by atoms with Gasteiger partial charge in [-0.3, -0.25) is 14.6 Å². The van der Waals surface area contributed by atoms with E-state index >= 15 is 0 Å². The molecule has 7 heteroatoms. The van der Waals surface area contributed by atoms with Gasteiger partial charge in [-0.05, 0) is 62.6 Å². The van der Waals surface area contributed by atoms with Crippen molar-refractivity contribution >= 4 is 22.7 Å². The third-order valence-electron chi connectivity index (χ3n) is 7.81. The fourth-order valence-electron chi connectivity index (χ4n) is 5.85. The average Bonchev–Trinajstić information content (AvgIpc) is 3.63. The number of nitrogens with zero attached hydrogens (tertiary/aromatic N) is 4. The molecule has 1 saturated carbocycles. The number of rotatable bonds is 5. The number of nitrogens with one attached hydrogen (secondary N) is 1. The number of hydrogen-bond donors (Lipinski definition) is 1. The first kappa shape index (κ1) is 22.6. The first-order valence-corrected chi connectivity index (χ1v) is 12.7. The molecule has 1 N–H and O–H groups in total. The lowest BCUT2D eigenvalue weighted by Gasteiger charge is -2.44. The van der Waals surface area contributed by atoms with Crippen LogP contribution in [0.3, 0.4) is 0 Å². The Morgan fingerprint density at radius 1 is 1.14 bits per heavy atom. The molecule has 0 radical (unpaired) electrons. The Bertz CT molecular complexity index is 1430. The Kier molecular flexibility index (Phi) is 5.43. The van der Waals surface area contributed by atoms with Crippen molar-refractivity contribution in [2.45, 2.75) is 64.2 Å². The minimum Gasteiger partial charge on any atom is -0.351 e. The second-order valence-corrected chi connectivity index (χ2v) is 10.4. The zero-order valence-corrected chi connectivity index (χ0v) is 20.8. The van der Waals surface area contributed by atoms with E-state index in [-0.39, 0.29) is 17.9 Å². The Morgan fingerprint density at radius 3 is 2.64 bits per heavy atom. The molecule has 3 aromatic heterocycles. The Labute approximate surface area is 210 Å². The first-order valence-electron chi connectivity index (χ1n) is 12.7. The minimum absolute atomic E-state index is 0.0891. The van der Waals surface area contributed by atoms with E-state index in [4.69, 9.17) is 0 Å². The SMILES string of the molecule is Cc1ccc2c(c1)c(-n1cccc1)c1n2C[C@@](C)(C(=O)NC2CCCC2)N(Cc2cccnc2)C1=O. The smallest absolute Gasteiger partial charge is 0.273 e. The summed E-state index contributed by atoms with van der Waals surface area (Å²) in [5, 5.41) is 4.29. The van der Waals surface area contributed by atoms with Crippen molar-refractivity contribution in [1.82, 2.24) is 24.3 Å². The molecule has 1 atom stereocenters. The summed E-state index contributed by atoms with van der Waals surface area (Å²) >= 11 is 0. The van der Waals surface area contributed by atoms with Crippen LogP contribution < -0.4 is 5.32 Å². The normalized spacial score (nSPS) is 20.2. The number of pyridine rings is 1. The van der Waals surface area contributed by atoms with Gasteiger partial charge in [-0.2, -0.15) is 0 Å². The molecule has 0 unspecified atom stereocenters. The van der Waals surface area contributed by atoms with E-state index in [1.807, 2.05) is 48.1 Å². The van der Waals surface area contributed by atoms with Gasteiger partial charge >= 0.3 is 0 Å². The zero-order valence-electron chi connectivity index (χ0n) is 20.8. The molecular weight excluding hydrogens is 450 g/mol. The molecule has 4 aromatic rings. The van der Waals surface area contributed by atoms with E-state index in [0.29, 0.717) is 18.8 Å². The van der Waals surface area contributed by atoms with Crippen molar-refractivity contribution in [3.8, 4) is 5.69 Å². The summed E-state index contributed by atoms with van der Waals surface area (Å²) in [5.74, 6) is -0.236. The number of amides is 2. The number of benzene rings is 1. The monoisotopic (exact) mass is 481 g/mol. The van der Waals surface area contributed by atoms with Crippen LogP contribution in [0.25, 0.3) is 16.6 Å². The van der Waals surface area contributed by atoms with Gasteiger partial charge in [-0.25, -0.2) is 0 Å². The summed E-state index contributed by atoms with van der Waals surface area (Å²) < 4.78 is 4.06. The van der Waals surface area contributed by atoms with E-state index in [9.17, 15) is 9.59 Å². The van der Waals surface area contributed by atoms with Crippen LogP contribution in [0.1, 0.15) is 54.2 Å². The number of carbonyl (C=O) groups is 2. The van der Waals surface area contributed by atoms with Crippen LogP contribution in [0.2, 0.25) is 0 Å². The summed E-state index contributed by atoms with van der Waals surface area (Å²) in [6.07, 6.45) is 11.7. The van der Waals surface area contributed by atoms with Crippen molar-refractivity contribution in [3.05, 3.63) is 84.1 Å². The molecule has 184 valence electrons. The minimum atomic E-state index is -1.05. The fourth-order valence-corrected chi connectivity index (χ4v) is 5.85. The molecule has 1 aliphatic heterocycles.